The van der Waals surface area contributed by atoms with Gasteiger partial charge in [0.1, 0.15) is 19.8 Å². The van der Waals surface area contributed by atoms with Crippen molar-refractivity contribution in [3.05, 3.63) is 59.7 Å². The highest BCUT2D eigenvalue weighted by Crippen LogP contribution is 2.47. The highest BCUT2D eigenvalue weighted by molar-refractivity contribution is 5.91. The van der Waals surface area contributed by atoms with Crippen LogP contribution in [0.25, 0.3) is 0 Å². The third-order valence-electron chi connectivity index (χ3n) is 4.85. The van der Waals surface area contributed by atoms with Gasteiger partial charge in [0.2, 0.25) is 0 Å². The van der Waals surface area contributed by atoms with E-state index in [0.29, 0.717) is 17.1 Å². The van der Waals surface area contributed by atoms with Crippen molar-refractivity contribution >= 4 is 17.9 Å². The maximum atomic E-state index is 12.4. The Kier molecular flexibility index (Phi) is 5.97. The molecule has 2 aliphatic rings. The fourth-order valence-corrected chi connectivity index (χ4v) is 3.05. The molecule has 1 aromatic rings. The van der Waals surface area contributed by atoms with E-state index in [1.165, 1.54) is 6.92 Å². The van der Waals surface area contributed by atoms with E-state index < -0.39 is 17.4 Å². The number of ether oxygens (including phenoxy) is 3. The molecular formula is C22H24O6. The van der Waals surface area contributed by atoms with Crippen LogP contribution in [0.15, 0.2) is 54.1 Å². The molecule has 1 aromatic carbocycles. The summed E-state index contributed by atoms with van der Waals surface area (Å²) >= 11 is 0. The van der Waals surface area contributed by atoms with Gasteiger partial charge in [0.15, 0.2) is 0 Å². The van der Waals surface area contributed by atoms with Crippen molar-refractivity contribution in [2.75, 3.05) is 19.8 Å². The summed E-state index contributed by atoms with van der Waals surface area (Å²) < 4.78 is 16.0. The lowest BCUT2D eigenvalue weighted by Gasteiger charge is -2.28. The van der Waals surface area contributed by atoms with Gasteiger partial charge >= 0.3 is 17.9 Å². The summed E-state index contributed by atoms with van der Waals surface area (Å²) in [5, 5.41) is 0. The highest BCUT2D eigenvalue weighted by Gasteiger charge is 2.43. The summed E-state index contributed by atoms with van der Waals surface area (Å²) in [5.41, 5.74) is 0.247. The number of carbonyl (C=O) groups excluding carboxylic acids is 3. The van der Waals surface area contributed by atoms with Crippen LogP contribution in [0.4, 0.5) is 0 Å². The molecule has 0 heterocycles. The maximum absolute atomic E-state index is 12.4. The first kappa shape index (κ1) is 19.9. The van der Waals surface area contributed by atoms with E-state index in [4.69, 9.17) is 14.2 Å². The second kappa shape index (κ2) is 8.42. The number of benzene rings is 1. The normalized spacial score (nSPS) is 21.6. The Bertz CT molecular complexity index is 810. The Morgan fingerprint density at radius 2 is 1.64 bits per heavy atom. The molecule has 0 spiro atoms. The third kappa shape index (κ3) is 5.09. The zero-order valence-corrected chi connectivity index (χ0v) is 16.1. The Morgan fingerprint density at radius 3 is 2.32 bits per heavy atom. The average molecular weight is 384 g/mol. The molecule has 1 saturated carbocycles. The van der Waals surface area contributed by atoms with Crippen LogP contribution >= 0.6 is 0 Å². The monoisotopic (exact) mass is 384 g/mol. The van der Waals surface area contributed by atoms with Crippen molar-refractivity contribution in [2.24, 2.45) is 17.3 Å². The molecule has 6 nitrogen and oxygen atoms in total. The first-order chi connectivity index (χ1) is 13.4. The molecule has 28 heavy (non-hydrogen) atoms. The summed E-state index contributed by atoms with van der Waals surface area (Å²) in [6.45, 7) is 2.94. The topological polar surface area (TPSA) is 78.9 Å². The molecule has 0 amide bonds. The Morgan fingerprint density at radius 1 is 1.00 bits per heavy atom. The number of carbonyl (C=O) groups is 3. The molecule has 0 N–H and O–H groups in total. The van der Waals surface area contributed by atoms with Crippen LogP contribution in [0.1, 0.15) is 30.6 Å². The highest BCUT2D eigenvalue weighted by atomic mass is 16.6. The first-order valence-corrected chi connectivity index (χ1v) is 9.29. The van der Waals surface area contributed by atoms with Gasteiger partial charge in [0.25, 0.3) is 0 Å². The molecule has 3 atom stereocenters. The van der Waals surface area contributed by atoms with Crippen molar-refractivity contribution in [2.45, 2.75) is 20.3 Å². The van der Waals surface area contributed by atoms with E-state index in [9.17, 15) is 14.4 Å². The smallest absolute Gasteiger partial charge is 0.338 e. The van der Waals surface area contributed by atoms with Gasteiger partial charge in [-0.05, 0) is 37.3 Å². The lowest BCUT2D eigenvalue weighted by Crippen LogP contribution is -2.37. The summed E-state index contributed by atoms with van der Waals surface area (Å²) in [5.74, 6) is -0.630. The van der Waals surface area contributed by atoms with Crippen LogP contribution in [0.5, 0.6) is 0 Å². The molecule has 0 aromatic heterocycles. The fourth-order valence-electron chi connectivity index (χ4n) is 3.05. The quantitative estimate of drug-likeness (QED) is 0.506. The minimum absolute atomic E-state index is 0.0251. The SMILES string of the molecule is CC(=O)OCC(C)(COC(=O)C1=CC=CC2CC12)COC(=O)c1ccccc1. The molecular weight excluding hydrogens is 360 g/mol. The average Bonchev–Trinajstić information content (AvgIpc) is 3.49. The predicted molar refractivity (Wildman–Crippen MR) is 101 cm³/mol. The predicted octanol–water partition coefficient (Wildman–Crippen LogP) is 3.09. The first-order valence-electron chi connectivity index (χ1n) is 9.29. The molecule has 2 aliphatic carbocycles. The van der Waals surface area contributed by atoms with Crippen molar-refractivity contribution < 1.29 is 28.6 Å². The van der Waals surface area contributed by atoms with Gasteiger partial charge in [-0.1, -0.05) is 36.4 Å². The minimum atomic E-state index is -0.847. The zero-order chi connectivity index (χ0) is 20.1. The van der Waals surface area contributed by atoms with Gasteiger partial charge in [0.05, 0.1) is 11.0 Å². The Balaban J connectivity index is 1.59. The summed E-state index contributed by atoms with van der Waals surface area (Å²) in [6, 6.07) is 8.60. The maximum Gasteiger partial charge on any atom is 0.338 e. The van der Waals surface area contributed by atoms with Crippen LogP contribution in [0.2, 0.25) is 0 Å². The summed E-state index contributed by atoms with van der Waals surface area (Å²) in [7, 11) is 0. The Hall–Kier alpha value is -2.89. The molecule has 0 bridgehead atoms. The largest absolute Gasteiger partial charge is 0.465 e. The molecule has 0 saturated heterocycles. The van der Waals surface area contributed by atoms with E-state index in [0.717, 1.165) is 6.42 Å². The van der Waals surface area contributed by atoms with Crippen LogP contribution in [-0.2, 0) is 23.8 Å². The van der Waals surface area contributed by atoms with Gasteiger partial charge < -0.3 is 14.2 Å². The molecule has 1 fully saturated rings. The van der Waals surface area contributed by atoms with Gasteiger partial charge in [0, 0.05) is 12.5 Å². The molecule has 6 heteroatoms. The second-order valence-corrected chi connectivity index (χ2v) is 7.62. The summed E-state index contributed by atoms with van der Waals surface area (Å²) in [6.07, 6.45) is 6.73. The molecule has 3 unspecified atom stereocenters. The standard InChI is InChI=1S/C22H24O6/c1-15(23)26-12-22(2,13-27-20(24)16-7-4-3-5-8-16)14-28-21(25)18-10-6-9-17-11-19(17)18/h3-10,17,19H,11-14H2,1-2H3. The van der Waals surface area contributed by atoms with Gasteiger partial charge in [-0.25, -0.2) is 9.59 Å². The summed E-state index contributed by atoms with van der Waals surface area (Å²) in [4.78, 5) is 35.9. The van der Waals surface area contributed by atoms with Crippen LogP contribution < -0.4 is 0 Å². The van der Waals surface area contributed by atoms with Gasteiger partial charge in [-0.3, -0.25) is 4.79 Å². The molecule has 148 valence electrons. The van der Waals surface area contributed by atoms with Crippen LogP contribution in [0, 0.1) is 17.3 Å². The van der Waals surface area contributed by atoms with Crippen molar-refractivity contribution in [3.63, 3.8) is 0 Å². The van der Waals surface area contributed by atoms with Gasteiger partial charge in [-0.2, -0.15) is 0 Å². The van der Waals surface area contributed by atoms with Crippen LogP contribution in [-0.4, -0.2) is 37.7 Å². The van der Waals surface area contributed by atoms with E-state index in [1.807, 2.05) is 6.08 Å². The number of allylic oxidation sites excluding steroid dienone is 3. The minimum Gasteiger partial charge on any atom is -0.465 e. The van der Waals surface area contributed by atoms with Crippen LogP contribution in [0.3, 0.4) is 0 Å². The Labute approximate surface area is 164 Å². The van der Waals surface area contributed by atoms with E-state index in [2.05, 4.69) is 6.08 Å². The van der Waals surface area contributed by atoms with E-state index in [1.54, 1.807) is 43.3 Å². The van der Waals surface area contributed by atoms with Crippen molar-refractivity contribution in [1.82, 2.24) is 0 Å². The van der Waals surface area contributed by atoms with E-state index >= 15 is 0 Å². The third-order valence-corrected chi connectivity index (χ3v) is 4.85. The fraction of sp³-hybridized carbons (Fsp3) is 0.409. The lowest BCUT2D eigenvalue weighted by molar-refractivity contribution is -0.151. The van der Waals surface area contributed by atoms with Gasteiger partial charge in [-0.15, -0.1) is 0 Å². The number of hydrogen-bond donors (Lipinski definition) is 0. The molecule has 0 radical (unpaired) electrons. The zero-order valence-electron chi connectivity index (χ0n) is 16.1. The number of hydrogen-bond acceptors (Lipinski definition) is 6. The molecule has 0 aliphatic heterocycles. The molecule has 3 rings (SSSR count). The van der Waals surface area contributed by atoms with Crippen molar-refractivity contribution in [3.8, 4) is 0 Å². The number of esters is 3. The lowest BCUT2D eigenvalue weighted by atomic mass is 9.94. The number of fused-ring (bicyclic) bond motifs is 1. The van der Waals surface area contributed by atoms with E-state index in [-0.39, 0.29) is 31.7 Å². The number of rotatable bonds is 8. The van der Waals surface area contributed by atoms with Crippen molar-refractivity contribution in [1.29, 1.82) is 0 Å². The second-order valence-electron chi connectivity index (χ2n) is 7.62.